The fraction of sp³-hybridized carbons (Fsp3) is 0.500. The molecule has 0 atom stereocenters. The van der Waals surface area contributed by atoms with Crippen LogP contribution >= 0.6 is 0 Å². The molecule has 0 radical (unpaired) electrons. The van der Waals surface area contributed by atoms with E-state index in [1.807, 2.05) is 17.9 Å². The number of morpholine rings is 1. The van der Waals surface area contributed by atoms with Gasteiger partial charge in [-0.25, -0.2) is 0 Å². The molecule has 0 saturated carbocycles. The van der Waals surface area contributed by atoms with Crippen molar-refractivity contribution in [1.82, 2.24) is 4.90 Å². The summed E-state index contributed by atoms with van der Waals surface area (Å²) >= 11 is 0. The molecule has 2 rings (SSSR count). The summed E-state index contributed by atoms with van der Waals surface area (Å²) in [6.45, 7) is 4.90. The van der Waals surface area contributed by atoms with E-state index in [0.717, 1.165) is 18.7 Å². The lowest BCUT2D eigenvalue weighted by Crippen LogP contribution is -2.40. The predicted molar refractivity (Wildman–Crippen MR) is 52.7 cm³/mol. The van der Waals surface area contributed by atoms with Gasteiger partial charge < -0.3 is 14.1 Å². The van der Waals surface area contributed by atoms with Crippen LogP contribution in [0.5, 0.6) is 0 Å². The predicted octanol–water partition coefficient (Wildman–Crippen LogP) is 1.25. The van der Waals surface area contributed by atoms with Crippen LogP contribution in [0.1, 0.15) is 11.3 Å². The van der Waals surface area contributed by atoms with Crippen molar-refractivity contribution >= 4 is 5.84 Å². The third kappa shape index (κ3) is 1.65. The molecular formula is C10H14N2O2. The zero-order valence-electron chi connectivity index (χ0n) is 8.25. The number of ether oxygens (including phenoxy) is 1. The Kier molecular flexibility index (Phi) is 2.54. The average Bonchev–Trinajstić information content (AvgIpc) is 2.65. The summed E-state index contributed by atoms with van der Waals surface area (Å²) in [4.78, 5) is 1.98. The first kappa shape index (κ1) is 9.27. The van der Waals surface area contributed by atoms with Crippen LogP contribution in [-0.4, -0.2) is 37.0 Å². The zero-order chi connectivity index (χ0) is 9.97. The molecule has 1 aromatic heterocycles. The maximum Gasteiger partial charge on any atom is 0.171 e. The van der Waals surface area contributed by atoms with E-state index < -0.39 is 0 Å². The van der Waals surface area contributed by atoms with E-state index in [-0.39, 0.29) is 0 Å². The lowest BCUT2D eigenvalue weighted by atomic mass is 10.2. The molecule has 1 saturated heterocycles. The summed E-state index contributed by atoms with van der Waals surface area (Å²) in [5.41, 5.74) is 1.02. The van der Waals surface area contributed by atoms with Crippen LogP contribution in [0.4, 0.5) is 0 Å². The number of nitrogens with one attached hydrogen (secondary N) is 1. The standard InChI is InChI=1S/C10H14N2O2/c1-8-2-5-14-9(8)10(11)12-3-6-13-7-4-12/h2,5,11H,3-4,6-7H2,1H3. The Hall–Kier alpha value is -1.29. The summed E-state index contributed by atoms with van der Waals surface area (Å²) in [5.74, 6) is 1.14. The number of amidine groups is 1. The van der Waals surface area contributed by atoms with E-state index in [9.17, 15) is 0 Å². The van der Waals surface area contributed by atoms with E-state index in [1.165, 1.54) is 0 Å². The second-order valence-electron chi connectivity index (χ2n) is 3.38. The molecule has 0 aliphatic carbocycles. The normalized spacial score (nSPS) is 17.1. The van der Waals surface area contributed by atoms with Crippen LogP contribution in [0.25, 0.3) is 0 Å². The Labute approximate surface area is 83.0 Å². The van der Waals surface area contributed by atoms with Crippen LogP contribution < -0.4 is 0 Å². The Morgan fingerprint density at radius 3 is 2.71 bits per heavy atom. The van der Waals surface area contributed by atoms with Crippen molar-refractivity contribution in [3.8, 4) is 0 Å². The number of rotatable bonds is 1. The fourth-order valence-electron chi connectivity index (χ4n) is 1.55. The summed E-state index contributed by atoms with van der Waals surface area (Å²) in [6, 6.07) is 1.88. The van der Waals surface area contributed by atoms with E-state index in [4.69, 9.17) is 14.6 Å². The molecule has 4 heteroatoms. The lowest BCUT2D eigenvalue weighted by molar-refractivity contribution is 0.0674. The zero-order valence-corrected chi connectivity index (χ0v) is 8.25. The molecule has 0 aromatic carbocycles. The Balaban J connectivity index is 2.11. The molecule has 1 aliphatic heterocycles. The maximum atomic E-state index is 7.96. The summed E-state index contributed by atoms with van der Waals surface area (Å²) in [5, 5.41) is 7.96. The molecule has 1 fully saturated rings. The molecule has 76 valence electrons. The molecule has 0 unspecified atom stereocenters. The Bertz CT molecular complexity index is 327. The summed E-state index contributed by atoms with van der Waals surface area (Å²) in [7, 11) is 0. The number of hydrogen-bond donors (Lipinski definition) is 1. The van der Waals surface area contributed by atoms with Gasteiger partial charge in [0.1, 0.15) is 0 Å². The van der Waals surface area contributed by atoms with Crippen molar-refractivity contribution in [2.24, 2.45) is 0 Å². The van der Waals surface area contributed by atoms with Gasteiger partial charge in [-0.05, 0) is 18.6 Å². The van der Waals surface area contributed by atoms with Gasteiger partial charge in [-0.2, -0.15) is 0 Å². The third-order valence-corrected chi connectivity index (χ3v) is 2.40. The van der Waals surface area contributed by atoms with Crippen LogP contribution in [0.3, 0.4) is 0 Å². The molecule has 14 heavy (non-hydrogen) atoms. The Morgan fingerprint density at radius 2 is 2.14 bits per heavy atom. The highest BCUT2D eigenvalue weighted by atomic mass is 16.5. The first-order valence-corrected chi connectivity index (χ1v) is 4.75. The molecule has 0 spiro atoms. The van der Waals surface area contributed by atoms with Gasteiger partial charge in [0.25, 0.3) is 0 Å². The van der Waals surface area contributed by atoms with Gasteiger partial charge >= 0.3 is 0 Å². The molecule has 0 bridgehead atoms. The summed E-state index contributed by atoms with van der Waals surface area (Å²) in [6.07, 6.45) is 1.62. The van der Waals surface area contributed by atoms with Crippen molar-refractivity contribution in [2.75, 3.05) is 26.3 Å². The van der Waals surface area contributed by atoms with Crippen molar-refractivity contribution in [1.29, 1.82) is 5.41 Å². The van der Waals surface area contributed by atoms with E-state index in [0.29, 0.717) is 24.8 Å². The SMILES string of the molecule is Cc1ccoc1C(=N)N1CCOCC1. The molecule has 1 N–H and O–H groups in total. The minimum atomic E-state index is 0.468. The van der Waals surface area contributed by atoms with Crippen molar-refractivity contribution < 1.29 is 9.15 Å². The molecule has 0 amide bonds. The number of nitrogens with zero attached hydrogens (tertiary/aromatic N) is 1. The average molecular weight is 194 g/mol. The highest BCUT2D eigenvalue weighted by molar-refractivity contribution is 5.95. The summed E-state index contributed by atoms with van der Waals surface area (Å²) < 4.78 is 10.5. The third-order valence-electron chi connectivity index (χ3n) is 2.40. The van der Waals surface area contributed by atoms with Gasteiger partial charge in [0.2, 0.25) is 0 Å². The minimum Gasteiger partial charge on any atom is -0.461 e. The van der Waals surface area contributed by atoms with Crippen LogP contribution in [0, 0.1) is 12.3 Å². The van der Waals surface area contributed by atoms with Crippen molar-refractivity contribution in [2.45, 2.75) is 6.92 Å². The Morgan fingerprint density at radius 1 is 1.43 bits per heavy atom. The highest BCUT2D eigenvalue weighted by Crippen LogP contribution is 2.12. The van der Waals surface area contributed by atoms with Crippen LogP contribution in [-0.2, 0) is 4.74 Å². The topological polar surface area (TPSA) is 49.5 Å². The first-order chi connectivity index (χ1) is 6.79. The largest absolute Gasteiger partial charge is 0.461 e. The lowest BCUT2D eigenvalue weighted by Gasteiger charge is -2.28. The van der Waals surface area contributed by atoms with E-state index in [1.54, 1.807) is 6.26 Å². The minimum absolute atomic E-state index is 0.468. The van der Waals surface area contributed by atoms with Gasteiger partial charge in [0.05, 0.1) is 19.5 Å². The fourth-order valence-corrected chi connectivity index (χ4v) is 1.55. The van der Waals surface area contributed by atoms with E-state index in [2.05, 4.69) is 0 Å². The maximum absolute atomic E-state index is 7.96. The van der Waals surface area contributed by atoms with Gasteiger partial charge in [-0.1, -0.05) is 0 Å². The second-order valence-corrected chi connectivity index (χ2v) is 3.38. The molecular weight excluding hydrogens is 180 g/mol. The van der Waals surface area contributed by atoms with Crippen LogP contribution in [0.2, 0.25) is 0 Å². The smallest absolute Gasteiger partial charge is 0.171 e. The number of furan rings is 1. The van der Waals surface area contributed by atoms with Gasteiger partial charge in [0, 0.05) is 13.1 Å². The van der Waals surface area contributed by atoms with E-state index >= 15 is 0 Å². The number of aryl methyl sites for hydroxylation is 1. The van der Waals surface area contributed by atoms with Gasteiger partial charge in [-0.15, -0.1) is 0 Å². The molecule has 4 nitrogen and oxygen atoms in total. The quantitative estimate of drug-likeness (QED) is 0.540. The van der Waals surface area contributed by atoms with Gasteiger partial charge in [0.15, 0.2) is 11.6 Å². The second kappa shape index (κ2) is 3.84. The molecule has 1 aliphatic rings. The van der Waals surface area contributed by atoms with Crippen molar-refractivity contribution in [3.63, 3.8) is 0 Å². The number of hydrogen-bond acceptors (Lipinski definition) is 3. The van der Waals surface area contributed by atoms with Gasteiger partial charge in [-0.3, -0.25) is 5.41 Å². The molecule has 2 heterocycles. The highest BCUT2D eigenvalue weighted by Gasteiger charge is 2.18. The monoisotopic (exact) mass is 194 g/mol. The molecule has 1 aromatic rings. The first-order valence-electron chi connectivity index (χ1n) is 4.75. The van der Waals surface area contributed by atoms with Crippen LogP contribution in [0.15, 0.2) is 16.7 Å². The van der Waals surface area contributed by atoms with Crippen molar-refractivity contribution in [3.05, 3.63) is 23.7 Å².